The van der Waals surface area contributed by atoms with E-state index >= 15 is 0 Å². The summed E-state index contributed by atoms with van der Waals surface area (Å²) in [5.74, 6) is -0.0418. The lowest BCUT2D eigenvalue weighted by Gasteiger charge is -2.34. The quantitative estimate of drug-likeness (QED) is 0.885. The smallest absolute Gasteiger partial charge is 0.321 e. The second-order valence-corrected chi connectivity index (χ2v) is 5.98. The van der Waals surface area contributed by atoms with Gasteiger partial charge in [0, 0.05) is 37.6 Å². The zero-order valence-electron chi connectivity index (χ0n) is 13.9. The molecule has 1 saturated heterocycles. The highest BCUT2D eigenvalue weighted by Gasteiger charge is 2.26. The molecule has 0 atom stereocenters. The van der Waals surface area contributed by atoms with Crippen LogP contribution in [-0.2, 0) is 0 Å². The topological polar surface area (TPSA) is 81.3 Å². The number of aryl methyl sites for hydroxylation is 2. The first kappa shape index (κ1) is 16.0. The van der Waals surface area contributed by atoms with Gasteiger partial charge in [0.05, 0.1) is 11.8 Å². The number of H-pyrrole nitrogens is 1. The molecular formula is C17H21N5O2. The van der Waals surface area contributed by atoms with Gasteiger partial charge in [-0.1, -0.05) is 17.7 Å². The Hall–Kier alpha value is -2.83. The number of aromatic nitrogens is 2. The van der Waals surface area contributed by atoms with Gasteiger partial charge in [0.25, 0.3) is 5.91 Å². The number of nitrogens with zero attached hydrogens (tertiary/aromatic N) is 3. The van der Waals surface area contributed by atoms with Crippen LogP contribution in [0.2, 0.25) is 0 Å². The van der Waals surface area contributed by atoms with Gasteiger partial charge in [-0.15, -0.1) is 0 Å². The van der Waals surface area contributed by atoms with E-state index in [4.69, 9.17) is 0 Å². The molecule has 1 fully saturated rings. The number of hydrogen-bond donors (Lipinski definition) is 2. The van der Waals surface area contributed by atoms with E-state index in [2.05, 4.69) is 15.5 Å². The molecule has 7 heteroatoms. The number of carbonyl (C=O) groups is 2. The maximum atomic E-state index is 12.4. The normalized spacial score (nSPS) is 14.6. The van der Waals surface area contributed by atoms with Crippen molar-refractivity contribution < 1.29 is 9.59 Å². The Morgan fingerprint density at radius 2 is 1.67 bits per heavy atom. The summed E-state index contributed by atoms with van der Waals surface area (Å²) in [5, 5.41) is 9.55. The molecule has 126 valence electrons. The van der Waals surface area contributed by atoms with Crippen molar-refractivity contribution in [2.75, 3.05) is 31.5 Å². The van der Waals surface area contributed by atoms with Crippen LogP contribution in [0, 0.1) is 13.8 Å². The van der Waals surface area contributed by atoms with E-state index in [1.54, 1.807) is 16.0 Å². The van der Waals surface area contributed by atoms with E-state index in [0.29, 0.717) is 31.7 Å². The van der Waals surface area contributed by atoms with Crippen molar-refractivity contribution in [1.82, 2.24) is 20.0 Å². The average molecular weight is 327 g/mol. The van der Waals surface area contributed by atoms with Crippen LogP contribution in [0.1, 0.15) is 21.6 Å². The SMILES string of the molecule is Cc1ccc(NC(=O)N2CCN(C(=O)c3cn[nH]c3C)CC2)cc1. The first-order valence-electron chi connectivity index (χ1n) is 7.96. The number of hydrogen-bond acceptors (Lipinski definition) is 3. The predicted molar refractivity (Wildman–Crippen MR) is 91.0 cm³/mol. The van der Waals surface area contributed by atoms with Crippen molar-refractivity contribution in [2.24, 2.45) is 0 Å². The summed E-state index contributed by atoms with van der Waals surface area (Å²) < 4.78 is 0. The minimum Gasteiger partial charge on any atom is -0.335 e. The lowest BCUT2D eigenvalue weighted by molar-refractivity contribution is 0.0671. The number of nitrogens with one attached hydrogen (secondary N) is 2. The van der Waals surface area contributed by atoms with Crippen molar-refractivity contribution in [1.29, 1.82) is 0 Å². The molecule has 1 aliphatic heterocycles. The highest BCUT2D eigenvalue weighted by Crippen LogP contribution is 2.13. The van der Waals surface area contributed by atoms with Crippen molar-refractivity contribution >= 4 is 17.6 Å². The molecule has 1 aromatic heterocycles. The summed E-state index contributed by atoms with van der Waals surface area (Å²) in [5.41, 5.74) is 3.28. The van der Waals surface area contributed by atoms with Crippen LogP contribution in [-0.4, -0.2) is 58.1 Å². The Bertz CT molecular complexity index is 730. The molecule has 0 bridgehead atoms. The largest absolute Gasteiger partial charge is 0.335 e. The van der Waals surface area contributed by atoms with Crippen LogP contribution in [0.5, 0.6) is 0 Å². The van der Waals surface area contributed by atoms with Gasteiger partial charge in [-0.05, 0) is 26.0 Å². The van der Waals surface area contributed by atoms with E-state index in [1.807, 2.05) is 38.1 Å². The molecular weight excluding hydrogens is 306 g/mol. The van der Waals surface area contributed by atoms with Crippen molar-refractivity contribution in [2.45, 2.75) is 13.8 Å². The highest BCUT2D eigenvalue weighted by atomic mass is 16.2. The first-order valence-corrected chi connectivity index (χ1v) is 7.96. The number of rotatable bonds is 2. The number of amides is 3. The van der Waals surface area contributed by atoms with Crippen molar-refractivity contribution in [3.63, 3.8) is 0 Å². The molecule has 24 heavy (non-hydrogen) atoms. The molecule has 2 heterocycles. The Morgan fingerprint density at radius 3 is 2.25 bits per heavy atom. The first-order chi connectivity index (χ1) is 11.5. The van der Waals surface area contributed by atoms with E-state index in [1.165, 1.54) is 0 Å². The summed E-state index contributed by atoms with van der Waals surface area (Å²) in [6.07, 6.45) is 1.55. The maximum absolute atomic E-state index is 12.4. The van der Waals surface area contributed by atoms with Gasteiger partial charge in [0.1, 0.15) is 0 Å². The lowest BCUT2D eigenvalue weighted by atomic mass is 10.2. The summed E-state index contributed by atoms with van der Waals surface area (Å²) in [6.45, 7) is 5.89. The van der Waals surface area contributed by atoms with Gasteiger partial charge in [-0.3, -0.25) is 9.89 Å². The van der Waals surface area contributed by atoms with Gasteiger partial charge in [0.2, 0.25) is 0 Å². The fraction of sp³-hybridized carbons (Fsp3) is 0.353. The summed E-state index contributed by atoms with van der Waals surface area (Å²) in [7, 11) is 0. The second-order valence-electron chi connectivity index (χ2n) is 5.98. The molecule has 0 unspecified atom stereocenters. The standard InChI is InChI=1S/C17H21N5O2/c1-12-3-5-14(6-4-12)19-17(24)22-9-7-21(8-10-22)16(23)15-11-18-20-13(15)2/h3-6,11H,7-10H2,1-2H3,(H,18,20)(H,19,24). The fourth-order valence-corrected chi connectivity index (χ4v) is 2.69. The monoisotopic (exact) mass is 327 g/mol. The molecule has 1 aliphatic rings. The van der Waals surface area contributed by atoms with Crippen molar-refractivity contribution in [3.05, 3.63) is 47.3 Å². The number of anilines is 1. The van der Waals surface area contributed by atoms with Crippen LogP contribution in [0.3, 0.4) is 0 Å². The molecule has 2 N–H and O–H groups in total. The predicted octanol–water partition coefficient (Wildman–Crippen LogP) is 2.02. The van der Waals surface area contributed by atoms with Crippen LogP contribution in [0.4, 0.5) is 10.5 Å². The van der Waals surface area contributed by atoms with Gasteiger partial charge < -0.3 is 15.1 Å². The van der Waals surface area contributed by atoms with Crippen LogP contribution in [0.25, 0.3) is 0 Å². The van der Waals surface area contributed by atoms with Crippen molar-refractivity contribution in [3.8, 4) is 0 Å². The number of piperazine rings is 1. The van der Waals surface area contributed by atoms with Gasteiger partial charge >= 0.3 is 6.03 Å². The highest BCUT2D eigenvalue weighted by molar-refractivity contribution is 5.95. The van der Waals surface area contributed by atoms with E-state index in [9.17, 15) is 9.59 Å². The Kier molecular flexibility index (Phi) is 4.50. The molecule has 3 amide bonds. The average Bonchev–Trinajstić information content (AvgIpc) is 3.02. The van der Waals surface area contributed by atoms with Crippen LogP contribution < -0.4 is 5.32 Å². The summed E-state index contributed by atoms with van der Waals surface area (Å²) in [4.78, 5) is 28.2. The number of carbonyl (C=O) groups excluding carboxylic acids is 2. The maximum Gasteiger partial charge on any atom is 0.321 e. The molecule has 0 radical (unpaired) electrons. The zero-order chi connectivity index (χ0) is 17.1. The molecule has 0 saturated carbocycles. The second kappa shape index (κ2) is 6.74. The van der Waals surface area contributed by atoms with Crippen LogP contribution >= 0.6 is 0 Å². The third kappa shape index (κ3) is 3.40. The number of benzene rings is 1. The minimum atomic E-state index is -0.134. The molecule has 7 nitrogen and oxygen atoms in total. The molecule has 0 aliphatic carbocycles. The third-order valence-electron chi connectivity index (χ3n) is 4.22. The molecule has 1 aromatic carbocycles. The van der Waals surface area contributed by atoms with Gasteiger partial charge in [-0.25, -0.2) is 4.79 Å². The van der Waals surface area contributed by atoms with E-state index in [-0.39, 0.29) is 11.9 Å². The number of urea groups is 1. The Balaban J connectivity index is 1.55. The van der Waals surface area contributed by atoms with E-state index in [0.717, 1.165) is 16.9 Å². The summed E-state index contributed by atoms with van der Waals surface area (Å²) in [6, 6.07) is 7.55. The van der Waals surface area contributed by atoms with Gasteiger partial charge in [0.15, 0.2) is 0 Å². The lowest BCUT2D eigenvalue weighted by Crippen LogP contribution is -2.51. The minimum absolute atomic E-state index is 0.0418. The summed E-state index contributed by atoms with van der Waals surface area (Å²) >= 11 is 0. The number of aromatic amines is 1. The molecule has 3 rings (SSSR count). The fourth-order valence-electron chi connectivity index (χ4n) is 2.69. The third-order valence-corrected chi connectivity index (χ3v) is 4.22. The Labute approximate surface area is 140 Å². The van der Waals surface area contributed by atoms with Crippen LogP contribution in [0.15, 0.2) is 30.5 Å². The van der Waals surface area contributed by atoms with Gasteiger partial charge in [-0.2, -0.15) is 5.10 Å². The Morgan fingerprint density at radius 1 is 1.04 bits per heavy atom. The molecule has 2 aromatic rings. The molecule has 0 spiro atoms. The zero-order valence-corrected chi connectivity index (χ0v) is 13.9. The van der Waals surface area contributed by atoms with E-state index < -0.39 is 0 Å².